The number of aromatic nitrogens is 1. The van der Waals surface area contributed by atoms with Gasteiger partial charge in [-0.15, -0.1) is 0 Å². The molecule has 0 spiro atoms. The van der Waals surface area contributed by atoms with Crippen LogP contribution in [0.5, 0.6) is 0 Å². The van der Waals surface area contributed by atoms with Gasteiger partial charge in [-0.05, 0) is 48.2 Å². The van der Waals surface area contributed by atoms with Gasteiger partial charge in [-0.1, -0.05) is 34.1 Å². The predicted molar refractivity (Wildman–Crippen MR) is 129 cm³/mol. The molecule has 7 nitrogen and oxygen atoms in total. The van der Waals surface area contributed by atoms with Crippen molar-refractivity contribution in [1.82, 2.24) is 9.88 Å². The smallest absolute Gasteiger partial charge is 0.298 e. The van der Waals surface area contributed by atoms with E-state index in [4.69, 9.17) is 4.74 Å². The van der Waals surface area contributed by atoms with Crippen molar-refractivity contribution in [1.29, 1.82) is 0 Å². The number of thioether (sulfide) groups is 1. The number of methoxy groups -OCH3 is 1. The Morgan fingerprint density at radius 2 is 1.97 bits per heavy atom. The van der Waals surface area contributed by atoms with Crippen molar-refractivity contribution in [2.24, 2.45) is 0 Å². The maximum Gasteiger partial charge on any atom is 0.298 e. The topological polar surface area (TPSA) is 80.6 Å². The van der Waals surface area contributed by atoms with Crippen LogP contribution in [-0.2, 0) is 20.9 Å². The molecule has 3 amide bonds. The van der Waals surface area contributed by atoms with Crippen molar-refractivity contribution >= 4 is 67.4 Å². The summed E-state index contributed by atoms with van der Waals surface area (Å²) in [5.74, 6) is -0.503. The standard InChI is InChI=1S/C23H20BrN3O4S/c1-31-10-9-25-21(28)14-26-13-15(18-12-16(24)7-8-19(18)26)11-20-22(29)27(23(30)32-20)17-5-3-2-4-6-17/h2-8,11-13H,9-10,14H2,1H3,(H,25,28)/b20-11-. The zero-order chi connectivity index (χ0) is 22.7. The molecule has 9 heteroatoms. The summed E-state index contributed by atoms with van der Waals surface area (Å²) in [5, 5.41) is 3.34. The number of rotatable bonds is 7. The van der Waals surface area contributed by atoms with E-state index < -0.39 is 0 Å². The van der Waals surface area contributed by atoms with Crippen LogP contribution in [0.15, 0.2) is 64.1 Å². The minimum absolute atomic E-state index is 0.126. The zero-order valence-electron chi connectivity index (χ0n) is 17.2. The second-order valence-electron chi connectivity index (χ2n) is 7.07. The summed E-state index contributed by atoms with van der Waals surface area (Å²) in [6.45, 7) is 0.995. The molecule has 0 aliphatic carbocycles. The maximum absolute atomic E-state index is 13.0. The van der Waals surface area contributed by atoms with E-state index in [0.29, 0.717) is 23.7 Å². The first-order valence-corrected chi connectivity index (χ1v) is 11.5. The van der Waals surface area contributed by atoms with Crippen LogP contribution in [0.3, 0.4) is 0 Å². The highest BCUT2D eigenvalue weighted by Gasteiger charge is 2.36. The van der Waals surface area contributed by atoms with Crippen molar-refractivity contribution in [3.05, 3.63) is 69.7 Å². The number of para-hydroxylation sites is 1. The van der Waals surface area contributed by atoms with E-state index in [9.17, 15) is 14.4 Å². The molecule has 1 saturated heterocycles. The fourth-order valence-electron chi connectivity index (χ4n) is 3.45. The average Bonchev–Trinajstić information content (AvgIpc) is 3.24. The summed E-state index contributed by atoms with van der Waals surface area (Å²) >= 11 is 4.39. The first kappa shape index (κ1) is 22.3. The Balaban J connectivity index is 1.66. The third kappa shape index (κ3) is 4.64. The molecular formula is C23H20BrN3O4S. The van der Waals surface area contributed by atoms with Crippen LogP contribution in [0.4, 0.5) is 10.5 Å². The van der Waals surface area contributed by atoms with Gasteiger partial charge in [0.1, 0.15) is 6.54 Å². The van der Waals surface area contributed by atoms with Gasteiger partial charge in [0.25, 0.3) is 11.1 Å². The van der Waals surface area contributed by atoms with Gasteiger partial charge in [-0.3, -0.25) is 14.4 Å². The number of benzene rings is 2. The molecule has 0 radical (unpaired) electrons. The largest absolute Gasteiger partial charge is 0.383 e. The van der Waals surface area contributed by atoms with E-state index in [1.54, 1.807) is 37.5 Å². The molecule has 0 saturated carbocycles. The fourth-order valence-corrected chi connectivity index (χ4v) is 4.65. The third-order valence-electron chi connectivity index (χ3n) is 4.91. The van der Waals surface area contributed by atoms with Crippen molar-refractivity contribution in [2.75, 3.05) is 25.2 Å². The quantitative estimate of drug-likeness (QED) is 0.373. The molecule has 2 heterocycles. The van der Waals surface area contributed by atoms with Gasteiger partial charge in [-0.2, -0.15) is 0 Å². The lowest BCUT2D eigenvalue weighted by Gasteiger charge is -2.11. The molecular weight excluding hydrogens is 494 g/mol. The molecule has 1 aliphatic rings. The van der Waals surface area contributed by atoms with Crippen molar-refractivity contribution in [2.45, 2.75) is 6.54 Å². The summed E-state index contributed by atoms with van der Waals surface area (Å²) in [6, 6.07) is 14.6. The van der Waals surface area contributed by atoms with Crippen LogP contribution >= 0.6 is 27.7 Å². The van der Waals surface area contributed by atoms with Crippen LogP contribution in [0.2, 0.25) is 0 Å². The number of anilines is 1. The Labute approximate surface area is 197 Å². The predicted octanol–water partition coefficient (Wildman–Crippen LogP) is 4.41. The van der Waals surface area contributed by atoms with Gasteiger partial charge in [0.15, 0.2) is 0 Å². The molecule has 164 valence electrons. The SMILES string of the molecule is COCCNC(=O)Cn1cc(/C=C2\SC(=O)N(c3ccccc3)C2=O)c2cc(Br)ccc21. The van der Waals surface area contributed by atoms with Gasteiger partial charge in [0.2, 0.25) is 5.91 Å². The third-order valence-corrected chi connectivity index (χ3v) is 6.27. The number of hydrogen-bond acceptors (Lipinski definition) is 5. The molecule has 32 heavy (non-hydrogen) atoms. The number of imide groups is 1. The number of ether oxygens (including phenoxy) is 1. The van der Waals surface area contributed by atoms with Gasteiger partial charge in [0.05, 0.1) is 17.2 Å². The molecule has 0 atom stereocenters. The Morgan fingerprint density at radius 3 is 2.72 bits per heavy atom. The normalized spacial score (nSPS) is 15.2. The Kier molecular flexibility index (Phi) is 6.78. The van der Waals surface area contributed by atoms with E-state index in [0.717, 1.165) is 32.7 Å². The summed E-state index contributed by atoms with van der Waals surface area (Å²) in [6.07, 6.45) is 3.53. The summed E-state index contributed by atoms with van der Waals surface area (Å²) in [7, 11) is 1.58. The van der Waals surface area contributed by atoms with Crippen LogP contribution in [0, 0.1) is 0 Å². The number of halogens is 1. The fraction of sp³-hybridized carbons (Fsp3) is 0.174. The number of fused-ring (bicyclic) bond motifs is 1. The number of nitrogens with zero attached hydrogens (tertiary/aromatic N) is 2. The van der Waals surface area contributed by atoms with Crippen LogP contribution in [0.25, 0.3) is 17.0 Å². The van der Waals surface area contributed by atoms with Crippen LogP contribution < -0.4 is 10.2 Å². The van der Waals surface area contributed by atoms with E-state index in [1.807, 2.05) is 35.0 Å². The van der Waals surface area contributed by atoms with Crippen molar-refractivity contribution in [3.63, 3.8) is 0 Å². The van der Waals surface area contributed by atoms with Crippen LogP contribution in [-0.4, -0.2) is 41.9 Å². The lowest BCUT2D eigenvalue weighted by Crippen LogP contribution is -2.30. The molecule has 1 aliphatic heterocycles. The number of nitrogens with one attached hydrogen (secondary N) is 1. The van der Waals surface area contributed by atoms with Gasteiger partial charge >= 0.3 is 0 Å². The lowest BCUT2D eigenvalue weighted by molar-refractivity contribution is -0.121. The van der Waals surface area contributed by atoms with E-state index in [1.165, 1.54) is 4.90 Å². The second kappa shape index (κ2) is 9.72. The van der Waals surface area contributed by atoms with E-state index >= 15 is 0 Å². The van der Waals surface area contributed by atoms with E-state index in [2.05, 4.69) is 21.2 Å². The molecule has 1 N–H and O–H groups in total. The highest BCUT2D eigenvalue weighted by molar-refractivity contribution is 9.10. The van der Waals surface area contributed by atoms with E-state index in [-0.39, 0.29) is 23.6 Å². The highest BCUT2D eigenvalue weighted by atomic mass is 79.9. The summed E-state index contributed by atoms with van der Waals surface area (Å²) in [5.41, 5.74) is 2.14. The van der Waals surface area contributed by atoms with Crippen molar-refractivity contribution < 1.29 is 19.1 Å². The second-order valence-corrected chi connectivity index (χ2v) is 8.98. The number of carbonyl (C=O) groups is 3. The molecule has 4 rings (SSSR count). The number of amides is 3. The Hall–Kier alpha value is -2.88. The summed E-state index contributed by atoms with van der Waals surface area (Å²) in [4.78, 5) is 39.3. The molecule has 1 fully saturated rings. The Bertz CT molecular complexity index is 1220. The minimum Gasteiger partial charge on any atom is -0.383 e. The molecule has 3 aromatic rings. The van der Waals surface area contributed by atoms with Crippen LogP contribution in [0.1, 0.15) is 5.56 Å². The zero-order valence-corrected chi connectivity index (χ0v) is 19.6. The lowest BCUT2D eigenvalue weighted by atomic mass is 10.1. The number of hydrogen-bond donors (Lipinski definition) is 1. The summed E-state index contributed by atoms with van der Waals surface area (Å²) < 4.78 is 7.67. The van der Waals surface area contributed by atoms with Gasteiger partial charge in [-0.25, -0.2) is 4.90 Å². The first-order chi connectivity index (χ1) is 15.5. The first-order valence-electron chi connectivity index (χ1n) is 9.85. The highest BCUT2D eigenvalue weighted by Crippen LogP contribution is 2.37. The molecule has 0 unspecified atom stereocenters. The molecule has 2 aromatic carbocycles. The average molecular weight is 514 g/mol. The molecule has 0 bridgehead atoms. The molecule has 1 aromatic heterocycles. The van der Waals surface area contributed by atoms with Gasteiger partial charge in [0, 0.05) is 40.8 Å². The number of carbonyl (C=O) groups excluding carboxylic acids is 3. The monoisotopic (exact) mass is 513 g/mol. The minimum atomic E-state index is -0.362. The van der Waals surface area contributed by atoms with Crippen molar-refractivity contribution in [3.8, 4) is 0 Å². The maximum atomic E-state index is 13.0. The Morgan fingerprint density at radius 1 is 1.19 bits per heavy atom. The van der Waals surface area contributed by atoms with Gasteiger partial charge < -0.3 is 14.6 Å².